The summed E-state index contributed by atoms with van der Waals surface area (Å²) in [4.78, 5) is 4.13. The molecule has 3 rings (SSSR count). The van der Waals surface area contributed by atoms with Crippen molar-refractivity contribution in [3.05, 3.63) is 46.0 Å². The van der Waals surface area contributed by atoms with Crippen molar-refractivity contribution in [2.45, 2.75) is 31.7 Å². The minimum atomic E-state index is 0.580. The van der Waals surface area contributed by atoms with Crippen LogP contribution in [0.15, 0.2) is 29.0 Å². The van der Waals surface area contributed by atoms with E-state index in [4.69, 9.17) is 0 Å². The maximum Gasteiger partial charge on any atom is 0.137 e. The van der Waals surface area contributed by atoms with Crippen molar-refractivity contribution < 1.29 is 0 Å². The lowest BCUT2D eigenvalue weighted by Crippen LogP contribution is -2.35. The summed E-state index contributed by atoms with van der Waals surface area (Å²) in [5, 5.41) is 10.4. The summed E-state index contributed by atoms with van der Waals surface area (Å²) < 4.78 is 1.18. The zero-order chi connectivity index (χ0) is 13.1. The SMILES string of the molecule is Brc1ccc2c(c1)CCC(NCCc1ncn[nH]1)C2. The molecule has 0 amide bonds. The van der Waals surface area contributed by atoms with Gasteiger partial charge in [-0.2, -0.15) is 5.10 Å². The smallest absolute Gasteiger partial charge is 0.137 e. The van der Waals surface area contributed by atoms with Gasteiger partial charge in [0, 0.05) is 23.5 Å². The van der Waals surface area contributed by atoms with Gasteiger partial charge in [-0.3, -0.25) is 5.10 Å². The second-order valence-electron chi connectivity index (χ2n) is 4.99. The third kappa shape index (κ3) is 3.22. The maximum absolute atomic E-state index is 4.13. The molecule has 0 spiro atoms. The van der Waals surface area contributed by atoms with Gasteiger partial charge < -0.3 is 5.32 Å². The largest absolute Gasteiger partial charge is 0.313 e. The quantitative estimate of drug-likeness (QED) is 0.908. The first-order valence-electron chi connectivity index (χ1n) is 6.66. The first-order chi connectivity index (χ1) is 9.31. The van der Waals surface area contributed by atoms with E-state index in [1.807, 2.05) is 0 Å². The summed E-state index contributed by atoms with van der Waals surface area (Å²) in [6, 6.07) is 7.20. The number of aromatic nitrogens is 3. The molecule has 100 valence electrons. The fourth-order valence-electron chi connectivity index (χ4n) is 2.64. The van der Waals surface area contributed by atoms with Gasteiger partial charge in [0.05, 0.1) is 0 Å². The first kappa shape index (κ1) is 12.8. The number of nitrogens with zero attached hydrogens (tertiary/aromatic N) is 2. The van der Waals surface area contributed by atoms with Crippen LogP contribution < -0.4 is 5.32 Å². The van der Waals surface area contributed by atoms with Crippen molar-refractivity contribution in [1.82, 2.24) is 20.5 Å². The van der Waals surface area contributed by atoms with Gasteiger partial charge in [0.25, 0.3) is 0 Å². The van der Waals surface area contributed by atoms with Crippen LogP contribution in [-0.2, 0) is 19.3 Å². The van der Waals surface area contributed by atoms with E-state index in [0.717, 1.165) is 31.6 Å². The van der Waals surface area contributed by atoms with E-state index in [0.29, 0.717) is 6.04 Å². The molecule has 1 heterocycles. The Hall–Kier alpha value is -1.20. The third-order valence-corrected chi connectivity index (χ3v) is 4.15. The number of aryl methyl sites for hydroxylation is 1. The summed E-state index contributed by atoms with van der Waals surface area (Å²) in [5.41, 5.74) is 2.97. The Morgan fingerprint density at radius 1 is 1.37 bits per heavy atom. The van der Waals surface area contributed by atoms with Gasteiger partial charge in [0.2, 0.25) is 0 Å². The number of nitrogens with one attached hydrogen (secondary N) is 2. The molecular weight excluding hydrogens is 304 g/mol. The standard InChI is InChI=1S/C14H17BrN4/c15-12-3-1-11-8-13(4-2-10(11)7-12)16-6-5-14-17-9-18-19-14/h1,3,7,9,13,16H,2,4-6,8H2,(H,17,18,19). The fourth-order valence-corrected chi connectivity index (χ4v) is 3.05. The minimum Gasteiger partial charge on any atom is -0.313 e. The van der Waals surface area contributed by atoms with Gasteiger partial charge in [-0.05, 0) is 42.5 Å². The third-order valence-electron chi connectivity index (χ3n) is 3.66. The van der Waals surface area contributed by atoms with Gasteiger partial charge in [-0.25, -0.2) is 4.98 Å². The molecule has 4 nitrogen and oxygen atoms in total. The Morgan fingerprint density at radius 3 is 3.16 bits per heavy atom. The number of aromatic amines is 1. The molecule has 2 aromatic rings. The van der Waals surface area contributed by atoms with Crippen LogP contribution >= 0.6 is 15.9 Å². The Bertz CT molecular complexity index is 538. The molecule has 0 aliphatic heterocycles. The molecule has 5 heteroatoms. The van der Waals surface area contributed by atoms with Gasteiger partial charge in [-0.1, -0.05) is 22.0 Å². The lowest BCUT2D eigenvalue weighted by Gasteiger charge is -2.25. The molecule has 1 aliphatic rings. The van der Waals surface area contributed by atoms with Crippen molar-refractivity contribution >= 4 is 15.9 Å². The highest BCUT2D eigenvalue weighted by molar-refractivity contribution is 9.10. The van der Waals surface area contributed by atoms with Gasteiger partial charge in [0.15, 0.2) is 0 Å². The molecule has 0 bridgehead atoms. The van der Waals surface area contributed by atoms with E-state index in [-0.39, 0.29) is 0 Å². The van der Waals surface area contributed by atoms with Crippen LogP contribution in [0, 0.1) is 0 Å². The molecule has 1 aromatic heterocycles. The summed E-state index contributed by atoms with van der Waals surface area (Å²) in [6.45, 7) is 0.950. The van der Waals surface area contributed by atoms with Crippen LogP contribution in [0.4, 0.5) is 0 Å². The summed E-state index contributed by atoms with van der Waals surface area (Å²) in [5.74, 6) is 0.952. The number of fused-ring (bicyclic) bond motifs is 1. The van der Waals surface area contributed by atoms with Crippen LogP contribution in [0.3, 0.4) is 0 Å². The van der Waals surface area contributed by atoms with Crippen LogP contribution in [0.1, 0.15) is 23.4 Å². The zero-order valence-electron chi connectivity index (χ0n) is 10.7. The highest BCUT2D eigenvalue weighted by atomic mass is 79.9. The van der Waals surface area contributed by atoms with E-state index in [1.54, 1.807) is 6.33 Å². The second-order valence-corrected chi connectivity index (χ2v) is 5.90. The number of hydrogen-bond donors (Lipinski definition) is 2. The normalized spacial score (nSPS) is 18.3. The van der Waals surface area contributed by atoms with Gasteiger partial charge in [-0.15, -0.1) is 0 Å². The molecule has 1 aromatic carbocycles. The number of hydrogen-bond acceptors (Lipinski definition) is 3. The molecule has 0 fully saturated rings. The molecule has 0 saturated carbocycles. The predicted octanol–water partition coefficient (Wildman–Crippen LogP) is 2.26. The van der Waals surface area contributed by atoms with Crippen molar-refractivity contribution in [2.24, 2.45) is 0 Å². The lowest BCUT2D eigenvalue weighted by atomic mass is 9.88. The van der Waals surface area contributed by atoms with E-state index in [9.17, 15) is 0 Å². The van der Waals surface area contributed by atoms with Crippen molar-refractivity contribution in [2.75, 3.05) is 6.54 Å². The molecule has 19 heavy (non-hydrogen) atoms. The maximum atomic E-state index is 4.13. The van der Waals surface area contributed by atoms with E-state index >= 15 is 0 Å². The molecule has 1 aliphatic carbocycles. The predicted molar refractivity (Wildman–Crippen MR) is 78.0 cm³/mol. The molecule has 0 radical (unpaired) electrons. The summed E-state index contributed by atoms with van der Waals surface area (Å²) in [7, 11) is 0. The van der Waals surface area contributed by atoms with E-state index in [1.165, 1.54) is 22.0 Å². The Balaban J connectivity index is 1.53. The highest BCUT2D eigenvalue weighted by Crippen LogP contribution is 2.24. The topological polar surface area (TPSA) is 53.6 Å². The van der Waals surface area contributed by atoms with Crippen LogP contribution in [-0.4, -0.2) is 27.8 Å². The second kappa shape index (κ2) is 5.84. The molecule has 1 atom stereocenters. The van der Waals surface area contributed by atoms with Gasteiger partial charge in [0.1, 0.15) is 12.2 Å². The van der Waals surface area contributed by atoms with E-state index in [2.05, 4.69) is 54.6 Å². The Morgan fingerprint density at radius 2 is 2.32 bits per heavy atom. The fraction of sp³-hybridized carbons (Fsp3) is 0.429. The lowest BCUT2D eigenvalue weighted by molar-refractivity contribution is 0.459. The zero-order valence-corrected chi connectivity index (χ0v) is 12.3. The van der Waals surface area contributed by atoms with Crippen LogP contribution in [0.25, 0.3) is 0 Å². The molecular formula is C14H17BrN4. The molecule has 0 saturated heterocycles. The van der Waals surface area contributed by atoms with Crippen molar-refractivity contribution in [3.63, 3.8) is 0 Å². The van der Waals surface area contributed by atoms with Crippen molar-refractivity contribution in [1.29, 1.82) is 0 Å². The number of rotatable bonds is 4. The van der Waals surface area contributed by atoms with Gasteiger partial charge >= 0.3 is 0 Å². The molecule has 2 N–H and O–H groups in total. The number of H-pyrrole nitrogens is 1. The van der Waals surface area contributed by atoms with E-state index < -0.39 is 0 Å². The summed E-state index contributed by atoms with van der Waals surface area (Å²) >= 11 is 3.54. The first-order valence-corrected chi connectivity index (χ1v) is 7.45. The average Bonchev–Trinajstić information content (AvgIpc) is 2.92. The van der Waals surface area contributed by atoms with Crippen LogP contribution in [0.5, 0.6) is 0 Å². The number of halogens is 1. The summed E-state index contributed by atoms with van der Waals surface area (Å²) in [6.07, 6.45) is 5.96. The van der Waals surface area contributed by atoms with Crippen molar-refractivity contribution in [3.8, 4) is 0 Å². The monoisotopic (exact) mass is 320 g/mol. The molecule has 1 unspecified atom stereocenters. The Kier molecular flexibility index (Phi) is 3.94. The highest BCUT2D eigenvalue weighted by Gasteiger charge is 2.18. The average molecular weight is 321 g/mol. The van der Waals surface area contributed by atoms with Crippen LogP contribution in [0.2, 0.25) is 0 Å². The number of benzene rings is 1. The minimum absolute atomic E-state index is 0.580. The Labute approximate surface area is 121 Å².